The van der Waals surface area contributed by atoms with Crippen molar-refractivity contribution in [2.75, 3.05) is 7.11 Å². The molecule has 5 nitrogen and oxygen atoms in total. The predicted molar refractivity (Wildman–Crippen MR) is 96.8 cm³/mol. The van der Waals surface area contributed by atoms with E-state index < -0.39 is 5.91 Å². The van der Waals surface area contributed by atoms with E-state index >= 15 is 0 Å². The van der Waals surface area contributed by atoms with E-state index in [-0.39, 0.29) is 11.1 Å². The predicted octanol–water partition coefficient (Wildman–Crippen LogP) is 3.50. The van der Waals surface area contributed by atoms with E-state index in [0.717, 1.165) is 16.7 Å². The maximum Gasteiger partial charge on any atom is 0.254 e. The average Bonchev–Trinajstić information content (AvgIpc) is 2.62. The number of carbonyl (C=O) groups excluding carboxylic acids is 1. The lowest BCUT2D eigenvalue weighted by Gasteiger charge is -2.06. The average molecular weight is 334 g/mol. The summed E-state index contributed by atoms with van der Waals surface area (Å²) in [6.45, 7) is 3.76. The van der Waals surface area contributed by atoms with Gasteiger partial charge in [-0.15, -0.1) is 6.58 Å². The maximum atomic E-state index is 11.8. The third-order valence-electron chi connectivity index (χ3n) is 3.79. The Hall–Kier alpha value is -3.34. The summed E-state index contributed by atoms with van der Waals surface area (Å²) < 4.78 is 11.1. The summed E-state index contributed by atoms with van der Waals surface area (Å²) in [6, 6.07) is 14.6. The zero-order valence-electron chi connectivity index (χ0n) is 13.9. The van der Waals surface area contributed by atoms with Crippen molar-refractivity contribution in [1.82, 2.24) is 0 Å². The van der Waals surface area contributed by atoms with Crippen molar-refractivity contribution < 1.29 is 13.9 Å². The summed E-state index contributed by atoms with van der Waals surface area (Å²) >= 11 is 0. The molecule has 0 aliphatic rings. The summed E-state index contributed by atoms with van der Waals surface area (Å²) in [5.41, 5.74) is 8.19. The van der Waals surface area contributed by atoms with Gasteiger partial charge in [-0.2, -0.15) is 0 Å². The Bertz CT molecular complexity index is 1000. The number of nitrogens with two attached hydrogens (primary N) is 1. The van der Waals surface area contributed by atoms with Crippen LogP contribution in [0, 0.1) is 0 Å². The number of nitrogens with zero attached hydrogens (tertiary/aromatic N) is 1. The lowest BCUT2D eigenvalue weighted by atomic mass is 10.1. The van der Waals surface area contributed by atoms with Crippen LogP contribution in [-0.2, 0) is 6.42 Å². The van der Waals surface area contributed by atoms with E-state index in [2.05, 4.69) is 11.6 Å². The van der Waals surface area contributed by atoms with Gasteiger partial charge in [0.05, 0.1) is 12.8 Å². The van der Waals surface area contributed by atoms with Crippen molar-refractivity contribution in [3.05, 3.63) is 77.9 Å². The Morgan fingerprint density at radius 2 is 2.04 bits per heavy atom. The third-order valence-corrected chi connectivity index (χ3v) is 3.79. The number of hydrogen-bond acceptors (Lipinski definition) is 4. The summed E-state index contributed by atoms with van der Waals surface area (Å²) in [5.74, 6) is 0.129. The number of methoxy groups -OCH3 is 1. The first-order valence-corrected chi connectivity index (χ1v) is 7.77. The fourth-order valence-corrected chi connectivity index (χ4v) is 2.56. The molecule has 0 bridgehead atoms. The van der Waals surface area contributed by atoms with Crippen LogP contribution in [0.2, 0.25) is 0 Å². The van der Waals surface area contributed by atoms with Crippen molar-refractivity contribution in [1.29, 1.82) is 0 Å². The highest BCUT2D eigenvalue weighted by Gasteiger charge is 2.11. The second-order valence-electron chi connectivity index (χ2n) is 5.47. The van der Waals surface area contributed by atoms with Gasteiger partial charge in [0.15, 0.2) is 0 Å². The Kier molecular flexibility index (Phi) is 4.66. The van der Waals surface area contributed by atoms with E-state index in [1.165, 1.54) is 0 Å². The molecule has 3 rings (SSSR count). The molecule has 5 heteroatoms. The number of benzene rings is 2. The summed E-state index contributed by atoms with van der Waals surface area (Å²) in [7, 11) is 1.59. The molecular weight excluding hydrogens is 316 g/mol. The second-order valence-corrected chi connectivity index (χ2v) is 5.47. The monoisotopic (exact) mass is 334 g/mol. The molecule has 0 aliphatic heterocycles. The third kappa shape index (κ3) is 3.45. The first-order valence-electron chi connectivity index (χ1n) is 7.77. The van der Waals surface area contributed by atoms with Crippen LogP contribution in [0.25, 0.3) is 11.0 Å². The van der Waals surface area contributed by atoms with E-state index in [1.54, 1.807) is 43.5 Å². The largest absolute Gasteiger partial charge is 0.497 e. The smallest absolute Gasteiger partial charge is 0.254 e. The quantitative estimate of drug-likeness (QED) is 0.725. The molecule has 0 saturated carbocycles. The number of primary amides is 1. The normalized spacial score (nSPS) is 11.5. The van der Waals surface area contributed by atoms with Gasteiger partial charge in [-0.05, 0) is 42.3 Å². The van der Waals surface area contributed by atoms with Crippen molar-refractivity contribution in [2.24, 2.45) is 10.7 Å². The molecule has 0 radical (unpaired) electrons. The van der Waals surface area contributed by atoms with E-state index in [0.29, 0.717) is 17.7 Å². The molecular formula is C20H18N2O3. The Morgan fingerprint density at radius 1 is 1.28 bits per heavy atom. The maximum absolute atomic E-state index is 11.8. The number of rotatable bonds is 5. The standard InChI is InChI=1S/C20H18N2O3/c1-3-5-13-6-4-7-14-12-17(19(21)23)20(25-18(13)14)22-15-8-10-16(24-2)11-9-15/h3-4,6-12H,1,5H2,2H3,(H2,21,23). The Balaban J connectivity index is 2.24. The topological polar surface area (TPSA) is 77.8 Å². The minimum Gasteiger partial charge on any atom is -0.497 e. The zero-order chi connectivity index (χ0) is 17.8. The molecule has 126 valence electrons. The summed E-state index contributed by atoms with van der Waals surface area (Å²) in [6.07, 6.45) is 2.45. The number of fused-ring (bicyclic) bond motifs is 1. The van der Waals surface area contributed by atoms with Gasteiger partial charge < -0.3 is 14.9 Å². The fraction of sp³-hybridized carbons (Fsp3) is 0.100. The molecule has 25 heavy (non-hydrogen) atoms. The van der Waals surface area contributed by atoms with Gasteiger partial charge in [-0.3, -0.25) is 4.79 Å². The van der Waals surface area contributed by atoms with Gasteiger partial charge in [-0.1, -0.05) is 24.3 Å². The highest BCUT2D eigenvalue weighted by atomic mass is 16.5. The van der Waals surface area contributed by atoms with Crippen LogP contribution < -0.4 is 16.0 Å². The molecule has 2 N–H and O–H groups in total. The lowest BCUT2D eigenvalue weighted by molar-refractivity contribution is 0.0996. The van der Waals surface area contributed by atoms with Crippen LogP contribution in [-0.4, -0.2) is 13.0 Å². The molecule has 0 aliphatic carbocycles. The van der Waals surface area contributed by atoms with E-state index in [9.17, 15) is 4.79 Å². The molecule has 0 unspecified atom stereocenters. The number of allylic oxidation sites excluding steroid dienone is 1. The Labute approximate surface area is 145 Å². The molecule has 0 fully saturated rings. The first-order chi connectivity index (χ1) is 12.1. The number of para-hydroxylation sites is 1. The fourth-order valence-electron chi connectivity index (χ4n) is 2.56. The Morgan fingerprint density at radius 3 is 2.68 bits per heavy atom. The van der Waals surface area contributed by atoms with Crippen LogP contribution in [0.3, 0.4) is 0 Å². The number of carbonyl (C=O) groups is 1. The lowest BCUT2D eigenvalue weighted by Crippen LogP contribution is -2.21. The van der Waals surface area contributed by atoms with Gasteiger partial charge in [0, 0.05) is 5.39 Å². The van der Waals surface area contributed by atoms with Crippen molar-refractivity contribution >= 4 is 22.6 Å². The van der Waals surface area contributed by atoms with E-state index in [4.69, 9.17) is 14.9 Å². The number of amides is 1. The first kappa shape index (κ1) is 16.5. The van der Waals surface area contributed by atoms with Crippen LogP contribution in [0.1, 0.15) is 15.9 Å². The second kappa shape index (κ2) is 7.05. The number of ether oxygens (including phenoxy) is 1. The van der Waals surface area contributed by atoms with Crippen molar-refractivity contribution in [3.63, 3.8) is 0 Å². The number of hydrogen-bond donors (Lipinski definition) is 1. The minimum absolute atomic E-state index is 0.182. The SMILES string of the molecule is C=CCc1cccc2cc(C(N)=O)c(=Nc3ccc(OC)cc3)oc12. The van der Waals surface area contributed by atoms with Crippen molar-refractivity contribution in [2.45, 2.75) is 6.42 Å². The minimum atomic E-state index is -0.591. The van der Waals surface area contributed by atoms with Crippen LogP contribution in [0.4, 0.5) is 5.69 Å². The van der Waals surface area contributed by atoms with Gasteiger partial charge in [0.25, 0.3) is 5.91 Å². The molecule has 0 spiro atoms. The zero-order valence-corrected chi connectivity index (χ0v) is 13.9. The molecule has 2 aromatic carbocycles. The van der Waals surface area contributed by atoms with Gasteiger partial charge >= 0.3 is 0 Å². The molecule has 1 heterocycles. The van der Waals surface area contributed by atoms with Crippen molar-refractivity contribution in [3.8, 4) is 5.75 Å². The van der Waals surface area contributed by atoms with E-state index in [1.807, 2.05) is 18.2 Å². The van der Waals surface area contributed by atoms with Crippen LogP contribution in [0.5, 0.6) is 5.75 Å². The van der Waals surface area contributed by atoms with Crippen LogP contribution in [0.15, 0.2) is 70.6 Å². The molecule has 0 atom stereocenters. The summed E-state index contributed by atoms with van der Waals surface area (Å²) in [4.78, 5) is 16.3. The highest BCUT2D eigenvalue weighted by Crippen LogP contribution is 2.21. The molecule has 0 saturated heterocycles. The van der Waals surface area contributed by atoms with Crippen LogP contribution >= 0.6 is 0 Å². The highest BCUT2D eigenvalue weighted by molar-refractivity contribution is 5.95. The summed E-state index contributed by atoms with van der Waals surface area (Å²) in [5, 5.41) is 0.793. The molecule has 3 aromatic rings. The van der Waals surface area contributed by atoms with Gasteiger partial charge in [-0.25, -0.2) is 4.99 Å². The molecule has 1 amide bonds. The van der Waals surface area contributed by atoms with Gasteiger partial charge in [0.2, 0.25) is 5.55 Å². The van der Waals surface area contributed by atoms with Gasteiger partial charge in [0.1, 0.15) is 16.9 Å². The molecule has 1 aromatic heterocycles.